The van der Waals surface area contributed by atoms with Gasteiger partial charge in [0.05, 0.1) is 5.69 Å². The van der Waals surface area contributed by atoms with Crippen LogP contribution in [0.3, 0.4) is 0 Å². The molecule has 24 heavy (non-hydrogen) atoms. The molecule has 1 aromatic carbocycles. The maximum absolute atomic E-state index is 12.3. The predicted octanol–water partition coefficient (Wildman–Crippen LogP) is 4.71. The SMILES string of the molecule is CCCCCCn1c(C)cc(=O)n2cc(-c3ccc(Cl)cc3)nc12. The zero-order valence-electron chi connectivity index (χ0n) is 14.1. The third kappa shape index (κ3) is 3.39. The van der Waals surface area contributed by atoms with Gasteiger partial charge < -0.3 is 4.57 Å². The van der Waals surface area contributed by atoms with Gasteiger partial charge in [-0.15, -0.1) is 0 Å². The van der Waals surface area contributed by atoms with Crippen LogP contribution < -0.4 is 5.56 Å². The molecule has 0 bridgehead atoms. The molecule has 0 fully saturated rings. The van der Waals surface area contributed by atoms with E-state index in [1.54, 1.807) is 10.5 Å². The highest BCUT2D eigenvalue weighted by molar-refractivity contribution is 6.30. The van der Waals surface area contributed by atoms with Gasteiger partial charge in [0.1, 0.15) is 0 Å². The van der Waals surface area contributed by atoms with Crippen LogP contribution in [0.4, 0.5) is 0 Å². The molecule has 0 unspecified atom stereocenters. The second kappa shape index (κ2) is 7.22. The average Bonchev–Trinajstić information content (AvgIpc) is 3.00. The summed E-state index contributed by atoms with van der Waals surface area (Å²) in [5, 5.41) is 0.689. The fourth-order valence-corrected chi connectivity index (χ4v) is 3.07. The minimum atomic E-state index is -0.0416. The Hall–Kier alpha value is -2.07. The van der Waals surface area contributed by atoms with Crippen LogP contribution in [-0.2, 0) is 6.54 Å². The molecule has 4 nitrogen and oxygen atoms in total. The maximum atomic E-state index is 12.3. The standard InChI is InChI=1S/C19H22ClN3O/c1-3-4-5-6-11-22-14(2)12-18(24)23-13-17(21-19(22)23)15-7-9-16(20)10-8-15/h7-10,12-13H,3-6,11H2,1-2H3. The van der Waals surface area contributed by atoms with E-state index in [4.69, 9.17) is 16.6 Å². The van der Waals surface area contributed by atoms with Crippen molar-refractivity contribution in [3.05, 3.63) is 57.6 Å². The number of imidazole rings is 1. The van der Waals surface area contributed by atoms with Gasteiger partial charge in [-0.3, -0.25) is 9.20 Å². The maximum Gasteiger partial charge on any atom is 0.259 e. The van der Waals surface area contributed by atoms with Crippen molar-refractivity contribution in [3.63, 3.8) is 0 Å². The number of hydrogen-bond acceptors (Lipinski definition) is 2. The second-order valence-electron chi connectivity index (χ2n) is 6.14. The molecule has 2 heterocycles. The number of aromatic nitrogens is 3. The lowest BCUT2D eigenvalue weighted by Gasteiger charge is -2.11. The first-order chi connectivity index (χ1) is 11.6. The molecule has 3 rings (SSSR count). The van der Waals surface area contributed by atoms with E-state index in [0.717, 1.165) is 29.9 Å². The van der Waals surface area contributed by atoms with Crippen molar-refractivity contribution in [2.24, 2.45) is 0 Å². The van der Waals surface area contributed by atoms with E-state index >= 15 is 0 Å². The monoisotopic (exact) mass is 343 g/mol. The number of rotatable bonds is 6. The molecule has 3 aromatic rings. The highest BCUT2D eigenvalue weighted by Crippen LogP contribution is 2.21. The van der Waals surface area contributed by atoms with Gasteiger partial charge in [0.15, 0.2) is 0 Å². The summed E-state index contributed by atoms with van der Waals surface area (Å²) in [5.74, 6) is 0.710. The molecule has 0 aliphatic rings. The molecule has 0 aliphatic carbocycles. The van der Waals surface area contributed by atoms with E-state index in [0.29, 0.717) is 10.8 Å². The molecule has 0 saturated heterocycles. The molecule has 0 amide bonds. The number of aryl methyl sites for hydroxylation is 2. The average molecular weight is 344 g/mol. The van der Waals surface area contributed by atoms with Gasteiger partial charge in [0, 0.05) is 35.1 Å². The molecule has 0 saturated carbocycles. The summed E-state index contributed by atoms with van der Waals surface area (Å²) < 4.78 is 3.77. The smallest absolute Gasteiger partial charge is 0.259 e. The molecule has 5 heteroatoms. The van der Waals surface area contributed by atoms with Crippen LogP contribution in [0.5, 0.6) is 0 Å². The van der Waals surface area contributed by atoms with E-state index in [1.807, 2.05) is 37.4 Å². The molecule has 0 radical (unpaired) electrons. The third-order valence-corrected chi connectivity index (χ3v) is 4.55. The Morgan fingerprint density at radius 1 is 1.12 bits per heavy atom. The summed E-state index contributed by atoms with van der Waals surface area (Å²) in [7, 11) is 0. The van der Waals surface area contributed by atoms with Crippen LogP contribution in [0, 0.1) is 6.92 Å². The Balaban J connectivity index is 2.02. The van der Waals surface area contributed by atoms with Gasteiger partial charge in [-0.1, -0.05) is 49.9 Å². The van der Waals surface area contributed by atoms with Gasteiger partial charge in [0.25, 0.3) is 5.56 Å². The van der Waals surface area contributed by atoms with Crippen molar-refractivity contribution in [3.8, 4) is 11.3 Å². The van der Waals surface area contributed by atoms with Crippen molar-refractivity contribution in [2.75, 3.05) is 0 Å². The van der Waals surface area contributed by atoms with Crippen molar-refractivity contribution < 1.29 is 0 Å². The van der Waals surface area contributed by atoms with Gasteiger partial charge in [-0.05, 0) is 25.5 Å². The number of nitrogens with zero attached hydrogens (tertiary/aromatic N) is 3. The lowest BCUT2D eigenvalue weighted by molar-refractivity contribution is 0.573. The van der Waals surface area contributed by atoms with Crippen LogP contribution in [0.15, 0.2) is 41.3 Å². The number of halogens is 1. The quantitative estimate of drug-likeness (QED) is 0.608. The molecule has 0 aliphatic heterocycles. The third-order valence-electron chi connectivity index (χ3n) is 4.30. The molecule has 0 N–H and O–H groups in total. The van der Waals surface area contributed by atoms with E-state index in [1.165, 1.54) is 19.3 Å². The van der Waals surface area contributed by atoms with Gasteiger partial charge in [-0.25, -0.2) is 4.98 Å². The van der Waals surface area contributed by atoms with E-state index in [-0.39, 0.29) is 5.56 Å². The van der Waals surface area contributed by atoms with Crippen LogP contribution in [0.1, 0.15) is 38.3 Å². The lowest BCUT2D eigenvalue weighted by atomic mass is 10.2. The number of unbranched alkanes of at least 4 members (excludes halogenated alkanes) is 3. The second-order valence-corrected chi connectivity index (χ2v) is 6.58. The summed E-state index contributed by atoms with van der Waals surface area (Å²) in [4.78, 5) is 17.0. The van der Waals surface area contributed by atoms with Crippen LogP contribution in [-0.4, -0.2) is 14.0 Å². The highest BCUT2D eigenvalue weighted by Gasteiger charge is 2.11. The molecular weight excluding hydrogens is 322 g/mol. The first kappa shape index (κ1) is 16.8. The predicted molar refractivity (Wildman–Crippen MR) is 98.8 cm³/mol. The summed E-state index contributed by atoms with van der Waals surface area (Å²) in [6, 6.07) is 9.20. The summed E-state index contributed by atoms with van der Waals surface area (Å²) in [6.07, 6.45) is 6.54. The van der Waals surface area contributed by atoms with Gasteiger partial charge in [0.2, 0.25) is 5.78 Å². The van der Waals surface area contributed by atoms with Crippen LogP contribution in [0.25, 0.3) is 17.0 Å². The first-order valence-corrected chi connectivity index (χ1v) is 8.83. The zero-order valence-corrected chi connectivity index (χ0v) is 14.9. The van der Waals surface area contributed by atoms with Gasteiger partial charge in [-0.2, -0.15) is 0 Å². The molecule has 0 spiro atoms. The largest absolute Gasteiger partial charge is 0.315 e. The topological polar surface area (TPSA) is 39.3 Å². The van der Waals surface area contributed by atoms with Gasteiger partial charge >= 0.3 is 0 Å². The van der Waals surface area contributed by atoms with Crippen molar-refractivity contribution in [1.29, 1.82) is 0 Å². The Bertz CT molecular complexity index is 893. The fourth-order valence-electron chi connectivity index (χ4n) is 2.94. The molecule has 126 valence electrons. The Morgan fingerprint density at radius 3 is 2.58 bits per heavy atom. The van der Waals surface area contributed by atoms with Crippen LogP contribution >= 0.6 is 11.6 Å². The van der Waals surface area contributed by atoms with Crippen LogP contribution in [0.2, 0.25) is 5.02 Å². The molecule has 0 atom stereocenters. The number of fused-ring (bicyclic) bond motifs is 1. The Labute approximate surface area is 146 Å². The zero-order chi connectivity index (χ0) is 17.1. The molecule has 2 aromatic heterocycles. The van der Waals surface area contributed by atoms with Crippen molar-refractivity contribution in [2.45, 2.75) is 46.1 Å². The molecular formula is C19H22ClN3O. The summed E-state index contributed by atoms with van der Waals surface area (Å²) >= 11 is 5.95. The van der Waals surface area contributed by atoms with Crippen molar-refractivity contribution in [1.82, 2.24) is 14.0 Å². The highest BCUT2D eigenvalue weighted by atomic mass is 35.5. The minimum Gasteiger partial charge on any atom is -0.315 e. The fraction of sp³-hybridized carbons (Fsp3) is 0.368. The van der Waals surface area contributed by atoms with E-state index < -0.39 is 0 Å². The van der Waals surface area contributed by atoms with Crippen molar-refractivity contribution >= 4 is 17.4 Å². The normalized spacial score (nSPS) is 11.3. The Kier molecular flexibility index (Phi) is 5.05. The number of hydrogen-bond donors (Lipinski definition) is 0. The lowest BCUT2D eigenvalue weighted by Crippen LogP contribution is -2.18. The van der Waals surface area contributed by atoms with E-state index in [9.17, 15) is 4.79 Å². The summed E-state index contributed by atoms with van der Waals surface area (Å²) in [5.41, 5.74) is 2.66. The Morgan fingerprint density at radius 2 is 1.88 bits per heavy atom. The minimum absolute atomic E-state index is 0.0416. The number of benzene rings is 1. The van der Waals surface area contributed by atoms with E-state index in [2.05, 4.69) is 11.5 Å². The first-order valence-electron chi connectivity index (χ1n) is 8.45. The summed E-state index contributed by atoms with van der Waals surface area (Å²) in [6.45, 7) is 5.06.